The Morgan fingerprint density at radius 1 is 1.12 bits per heavy atom. The normalized spacial score (nSPS) is 23.1. The van der Waals surface area contributed by atoms with Crippen LogP contribution in [0.4, 0.5) is 4.39 Å². The van der Waals surface area contributed by atoms with E-state index in [0.29, 0.717) is 25.4 Å². The van der Waals surface area contributed by atoms with E-state index in [2.05, 4.69) is 0 Å². The smallest absolute Gasteiger partial charge is 0.340 e. The van der Waals surface area contributed by atoms with E-state index in [4.69, 9.17) is 4.74 Å². The van der Waals surface area contributed by atoms with Crippen LogP contribution < -0.4 is 5.56 Å². The van der Waals surface area contributed by atoms with Crippen LogP contribution in [0.5, 0.6) is 0 Å². The molecule has 1 N–H and O–H groups in total. The molecule has 216 valence electrons. The van der Waals surface area contributed by atoms with Crippen molar-refractivity contribution >= 4 is 11.9 Å². The van der Waals surface area contributed by atoms with Crippen molar-refractivity contribution in [1.29, 1.82) is 0 Å². The molecular weight excluding hydrogens is 511 g/mol. The van der Waals surface area contributed by atoms with Crippen molar-refractivity contribution in [2.75, 3.05) is 19.7 Å². The summed E-state index contributed by atoms with van der Waals surface area (Å²) in [5, 5.41) is 12.2. The molecule has 1 spiro atoms. The lowest BCUT2D eigenvalue weighted by Crippen LogP contribution is -2.62. The lowest BCUT2D eigenvalue weighted by molar-refractivity contribution is -0.163. The summed E-state index contributed by atoms with van der Waals surface area (Å²) in [4.78, 5) is 41.7. The van der Waals surface area contributed by atoms with Crippen molar-refractivity contribution in [1.82, 2.24) is 9.47 Å². The topological polar surface area (TPSA) is 88.8 Å². The first-order chi connectivity index (χ1) is 19.2. The average Bonchev–Trinajstić information content (AvgIpc) is 3.39. The first-order valence-corrected chi connectivity index (χ1v) is 14.8. The van der Waals surface area contributed by atoms with E-state index >= 15 is 0 Å². The second-order valence-corrected chi connectivity index (χ2v) is 12.2. The van der Waals surface area contributed by atoms with Gasteiger partial charge in [-0.15, -0.1) is 0 Å². The number of likely N-dealkylation sites (tertiary alicyclic amines) is 1. The molecule has 1 unspecified atom stereocenters. The molecule has 40 heavy (non-hydrogen) atoms. The summed E-state index contributed by atoms with van der Waals surface area (Å²) in [6.45, 7) is 4.74. The molecule has 3 aliphatic rings. The standard InChI is InChI=1S/C32H41FN2O5/c1-3-40-30(38)26-19-35(28(36)18-25(26)24-11-4-5-12-27(24)33)21-32(39)15-16-34(20-31(32)13-6-7-14-31)29(37)22(2)17-23-9-8-10-23/h4-5,11-12,18-19,22-23,39H,3,6-10,13-17,20-21H2,1-2H3/t22?,32-/m1/s1. The summed E-state index contributed by atoms with van der Waals surface area (Å²) in [5.41, 5.74) is -1.80. The summed E-state index contributed by atoms with van der Waals surface area (Å²) in [5.74, 6) is -0.420. The Morgan fingerprint density at radius 2 is 1.85 bits per heavy atom. The number of aliphatic hydroxyl groups is 1. The fraction of sp³-hybridized carbons (Fsp3) is 0.594. The van der Waals surface area contributed by atoms with Crippen LogP contribution in [-0.2, 0) is 16.1 Å². The van der Waals surface area contributed by atoms with E-state index in [-0.39, 0.29) is 41.7 Å². The lowest BCUT2D eigenvalue weighted by Gasteiger charge is -2.53. The van der Waals surface area contributed by atoms with Gasteiger partial charge in [0, 0.05) is 47.8 Å². The Hall–Kier alpha value is -3.00. The maximum Gasteiger partial charge on any atom is 0.340 e. The molecule has 7 nitrogen and oxygen atoms in total. The quantitative estimate of drug-likeness (QED) is 0.456. The minimum absolute atomic E-state index is 0.00452. The van der Waals surface area contributed by atoms with Gasteiger partial charge in [0.25, 0.3) is 5.56 Å². The molecule has 1 saturated heterocycles. The highest BCUT2D eigenvalue weighted by molar-refractivity contribution is 5.97. The third kappa shape index (κ3) is 5.35. The average molecular weight is 553 g/mol. The molecule has 2 aliphatic carbocycles. The van der Waals surface area contributed by atoms with Gasteiger partial charge in [0.1, 0.15) is 5.82 Å². The fourth-order valence-electron chi connectivity index (χ4n) is 7.18. The molecule has 1 amide bonds. The van der Waals surface area contributed by atoms with Crippen molar-refractivity contribution < 1.29 is 23.8 Å². The minimum atomic E-state index is -1.23. The van der Waals surface area contributed by atoms with E-state index in [0.717, 1.165) is 32.1 Å². The number of ether oxygens (including phenoxy) is 1. The van der Waals surface area contributed by atoms with Gasteiger partial charge in [-0.25, -0.2) is 9.18 Å². The maximum absolute atomic E-state index is 14.7. The Morgan fingerprint density at radius 3 is 2.50 bits per heavy atom. The van der Waals surface area contributed by atoms with Crippen LogP contribution in [0.2, 0.25) is 0 Å². The summed E-state index contributed by atoms with van der Waals surface area (Å²) in [6.07, 6.45) is 9.81. The van der Waals surface area contributed by atoms with Gasteiger partial charge in [-0.1, -0.05) is 57.2 Å². The van der Waals surface area contributed by atoms with Crippen LogP contribution in [-0.4, -0.2) is 51.7 Å². The number of amides is 1. The third-order valence-corrected chi connectivity index (χ3v) is 9.70. The number of nitrogens with zero attached hydrogens (tertiary/aromatic N) is 2. The molecule has 1 aromatic heterocycles. The maximum atomic E-state index is 14.7. The van der Waals surface area contributed by atoms with Crippen LogP contribution in [0.1, 0.15) is 82.0 Å². The molecule has 3 fully saturated rings. The number of carbonyl (C=O) groups is 2. The SMILES string of the molecule is CCOC(=O)c1cn(C[C@]2(O)CCN(C(=O)C(C)CC3CCC3)CC23CCCC3)c(=O)cc1-c1ccccc1F. The number of piperidine rings is 1. The molecule has 8 heteroatoms. The van der Waals surface area contributed by atoms with Crippen LogP contribution >= 0.6 is 0 Å². The second kappa shape index (κ2) is 11.5. The van der Waals surface area contributed by atoms with Gasteiger partial charge in [-0.2, -0.15) is 0 Å². The number of halogens is 1. The van der Waals surface area contributed by atoms with E-state index in [1.54, 1.807) is 19.1 Å². The lowest BCUT2D eigenvalue weighted by atomic mass is 9.65. The number of hydrogen-bond donors (Lipinski definition) is 1. The van der Waals surface area contributed by atoms with Crippen molar-refractivity contribution in [3.05, 3.63) is 58.3 Å². The van der Waals surface area contributed by atoms with Crippen molar-refractivity contribution in [2.45, 2.75) is 83.8 Å². The zero-order chi connectivity index (χ0) is 28.5. The molecule has 2 atom stereocenters. The van der Waals surface area contributed by atoms with E-state index in [1.807, 2.05) is 11.8 Å². The largest absolute Gasteiger partial charge is 0.462 e. The Labute approximate surface area is 235 Å². The second-order valence-electron chi connectivity index (χ2n) is 12.2. The van der Waals surface area contributed by atoms with Gasteiger partial charge in [0.15, 0.2) is 0 Å². The molecule has 0 radical (unpaired) electrons. The summed E-state index contributed by atoms with van der Waals surface area (Å²) < 4.78 is 21.3. The Kier molecular flexibility index (Phi) is 8.18. The van der Waals surface area contributed by atoms with E-state index < -0.39 is 28.4 Å². The summed E-state index contributed by atoms with van der Waals surface area (Å²) in [7, 11) is 0. The summed E-state index contributed by atoms with van der Waals surface area (Å²) >= 11 is 0. The molecule has 0 bridgehead atoms. The number of aromatic nitrogens is 1. The number of benzene rings is 1. The Balaban J connectivity index is 1.44. The predicted octanol–water partition coefficient (Wildman–Crippen LogP) is 5.18. The number of hydrogen-bond acceptors (Lipinski definition) is 5. The number of pyridine rings is 1. The first-order valence-electron chi connectivity index (χ1n) is 14.8. The van der Waals surface area contributed by atoms with Crippen LogP contribution in [0.15, 0.2) is 41.3 Å². The highest BCUT2D eigenvalue weighted by Gasteiger charge is 2.55. The fourth-order valence-corrected chi connectivity index (χ4v) is 7.18. The monoisotopic (exact) mass is 552 g/mol. The predicted molar refractivity (Wildman–Crippen MR) is 150 cm³/mol. The van der Waals surface area contributed by atoms with Gasteiger partial charge in [0.2, 0.25) is 5.91 Å². The number of esters is 1. The summed E-state index contributed by atoms with van der Waals surface area (Å²) in [6, 6.07) is 7.26. The molecule has 2 aromatic rings. The molecule has 2 heterocycles. The first kappa shape index (κ1) is 28.5. The molecular formula is C32H41FN2O5. The van der Waals surface area contributed by atoms with E-state index in [9.17, 15) is 23.9 Å². The highest BCUT2D eigenvalue weighted by atomic mass is 19.1. The highest BCUT2D eigenvalue weighted by Crippen LogP contribution is 2.52. The molecule has 1 aliphatic heterocycles. The zero-order valence-electron chi connectivity index (χ0n) is 23.7. The zero-order valence-corrected chi connectivity index (χ0v) is 23.7. The van der Waals surface area contributed by atoms with Gasteiger partial charge >= 0.3 is 5.97 Å². The number of rotatable bonds is 8. The molecule has 5 rings (SSSR count). The number of carbonyl (C=O) groups excluding carboxylic acids is 2. The van der Waals surface area contributed by atoms with Gasteiger partial charge in [0.05, 0.1) is 24.3 Å². The minimum Gasteiger partial charge on any atom is -0.462 e. The van der Waals surface area contributed by atoms with E-state index in [1.165, 1.54) is 48.2 Å². The van der Waals surface area contributed by atoms with Crippen molar-refractivity contribution in [3.63, 3.8) is 0 Å². The van der Waals surface area contributed by atoms with Crippen LogP contribution in [0.3, 0.4) is 0 Å². The van der Waals surface area contributed by atoms with Crippen LogP contribution in [0, 0.1) is 23.1 Å². The molecule has 2 saturated carbocycles. The third-order valence-electron chi connectivity index (χ3n) is 9.70. The molecule has 1 aromatic carbocycles. The van der Waals surface area contributed by atoms with Crippen molar-refractivity contribution in [2.24, 2.45) is 17.3 Å². The van der Waals surface area contributed by atoms with Crippen molar-refractivity contribution in [3.8, 4) is 11.1 Å². The Bertz CT molecular complexity index is 1310. The van der Waals surface area contributed by atoms with Crippen LogP contribution in [0.25, 0.3) is 11.1 Å². The van der Waals surface area contributed by atoms with Gasteiger partial charge < -0.3 is 19.3 Å². The van der Waals surface area contributed by atoms with Gasteiger partial charge in [-0.05, 0) is 44.6 Å². The van der Waals surface area contributed by atoms with Gasteiger partial charge in [-0.3, -0.25) is 9.59 Å².